The summed E-state index contributed by atoms with van der Waals surface area (Å²) in [7, 11) is 1.21. The molecule has 2 aliphatic rings. The lowest BCUT2D eigenvalue weighted by molar-refractivity contribution is -0.138. The fourth-order valence-electron chi connectivity index (χ4n) is 5.60. The number of hydrogen-bond acceptors (Lipinski definition) is 9. The van der Waals surface area contributed by atoms with Crippen LogP contribution in [0.15, 0.2) is 36.4 Å². The average molecular weight is 659 g/mol. The lowest BCUT2D eigenvalue weighted by Crippen LogP contribution is -2.42. The summed E-state index contributed by atoms with van der Waals surface area (Å²) in [4.78, 5) is 46.6. The van der Waals surface area contributed by atoms with Crippen molar-refractivity contribution in [2.45, 2.75) is 56.9 Å². The zero-order chi connectivity index (χ0) is 33.0. The summed E-state index contributed by atoms with van der Waals surface area (Å²) in [5, 5.41) is 25.8. The number of H-pyrrole nitrogens is 1. The highest BCUT2D eigenvalue weighted by atomic mass is 35.5. The topological polar surface area (TPSA) is 179 Å². The number of amides is 2. The molecule has 242 valence electrons. The van der Waals surface area contributed by atoms with Gasteiger partial charge >= 0.3 is 24.8 Å². The number of alkyl halides is 2. The van der Waals surface area contributed by atoms with Crippen molar-refractivity contribution >= 4 is 41.1 Å². The number of imidazole rings is 1. The summed E-state index contributed by atoms with van der Waals surface area (Å²) in [6.45, 7) is -2.95. The van der Waals surface area contributed by atoms with Gasteiger partial charge in [-0.15, -0.1) is 0 Å². The number of aromatic amines is 1. The van der Waals surface area contributed by atoms with Gasteiger partial charge in [0.05, 0.1) is 18.8 Å². The smallest absolute Gasteiger partial charge is 0.411 e. The molecule has 5 rings (SSSR count). The van der Waals surface area contributed by atoms with E-state index in [1.54, 1.807) is 12.1 Å². The Kier molecular flexibility index (Phi) is 9.76. The number of nitriles is 1. The first kappa shape index (κ1) is 32.3. The number of carboxylic acid groups (broad SMARTS) is 1. The van der Waals surface area contributed by atoms with E-state index in [9.17, 15) is 33.5 Å². The van der Waals surface area contributed by atoms with Crippen molar-refractivity contribution in [3.8, 4) is 23.1 Å². The quantitative estimate of drug-likeness (QED) is 0.230. The molecule has 16 heteroatoms. The second-order valence-electron chi connectivity index (χ2n) is 10.6. The van der Waals surface area contributed by atoms with E-state index >= 15 is 0 Å². The van der Waals surface area contributed by atoms with E-state index in [1.807, 2.05) is 0 Å². The number of carboxylic acids is 1. The van der Waals surface area contributed by atoms with Crippen LogP contribution < -0.4 is 15.4 Å². The number of carbonyl (C=O) groups is 3. The van der Waals surface area contributed by atoms with Crippen LogP contribution in [0.3, 0.4) is 0 Å². The fraction of sp³-hybridized carbons (Fsp3) is 0.367. The molecule has 3 atom stereocenters. The largest absolute Gasteiger partial charge is 0.480 e. The molecule has 0 radical (unpaired) electrons. The van der Waals surface area contributed by atoms with Crippen LogP contribution in [-0.2, 0) is 14.3 Å². The molecule has 2 amide bonds. The van der Waals surface area contributed by atoms with E-state index in [4.69, 9.17) is 16.3 Å². The summed E-state index contributed by atoms with van der Waals surface area (Å²) in [5.74, 6) is -0.945. The summed E-state index contributed by atoms with van der Waals surface area (Å²) < 4.78 is 41.1. The molecule has 13 nitrogen and oxygen atoms in total. The molecule has 1 unspecified atom stereocenters. The Morgan fingerprint density at radius 3 is 2.70 bits per heavy atom. The number of aliphatic carboxylic acids is 1. The van der Waals surface area contributed by atoms with Crippen molar-refractivity contribution in [3.63, 3.8) is 0 Å². The monoisotopic (exact) mass is 658 g/mol. The Bertz CT molecular complexity index is 1680. The average Bonchev–Trinajstić information content (AvgIpc) is 3.45. The minimum absolute atomic E-state index is 0.00109. The summed E-state index contributed by atoms with van der Waals surface area (Å²) in [6, 6.07) is 9.13. The van der Waals surface area contributed by atoms with Crippen molar-refractivity contribution in [2.24, 2.45) is 0 Å². The van der Waals surface area contributed by atoms with Gasteiger partial charge in [0.1, 0.15) is 29.8 Å². The molecule has 1 fully saturated rings. The molecule has 4 N–H and O–H groups in total. The number of fused-ring (bicyclic) bond motifs is 4. The molecular formula is C30H29ClF2N6O7. The molecule has 0 spiro atoms. The maximum Gasteiger partial charge on any atom is 0.411 e. The van der Waals surface area contributed by atoms with Crippen LogP contribution in [0, 0.1) is 11.3 Å². The highest BCUT2D eigenvalue weighted by Crippen LogP contribution is 2.40. The molecule has 3 aromatic rings. The van der Waals surface area contributed by atoms with Crippen LogP contribution in [0.1, 0.15) is 61.3 Å². The fourth-order valence-corrected chi connectivity index (χ4v) is 5.78. The minimum Gasteiger partial charge on any atom is -0.480 e. The van der Waals surface area contributed by atoms with E-state index in [0.29, 0.717) is 42.0 Å². The van der Waals surface area contributed by atoms with Gasteiger partial charge in [0, 0.05) is 40.5 Å². The number of aromatic nitrogens is 2. The van der Waals surface area contributed by atoms with Crippen LogP contribution in [0.4, 0.5) is 29.7 Å². The molecule has 1 aromatic heterocycles. The maximum absolute atomic E-state index is 13.5. The number of methoxy groups -OCH3 is 1. The first-order valence-electron chi connectivity index (χ1n) is 14.3. The van der Waals surface area contributed by atoms with Gasteiger partial charge in [-0.25, -0.2) is 19.4 Å². The van der Waals surface area contributed by atoms with Crippen molar-refractivity contribution in [2.75, 3.05) is 24.3 Å². The van der Waals surface area contributed by atoms with Gasteiger partial charge in [0.2, 0.25) is 0 Å². The van der Waals surface area contributed by atoms with Gasteiger partial charge in [0.25, 0.3) is 0 Å². The third kappa shape index (κ3) is 7.07. The molecule has 2 bridgehead atoms. The number of nitrogens with zero attached hydrogens (tertiary/aromatic N) is 3. The van der Waals surface area contributed by atoms with E-state index in [0.717, 1.165) is 0 Å². The zero-order valence-electron chi connectivity index (χ0n) is 24.4. The number of cyclic esters (lactones) is 1. The number of nitrogens with one attached hydrogen (secondary N) is 3. The van der Waals surface area contributed by atoms with E-state index in [2.05, 4.69) is 36.1 Å². The summed E-state index contributed by atoms with van der Waals surface area (Å²) >= 11 is 6.11. The SMILES string of the molecule is COC(=O)Nc1ccc2c(c1)N[C@@H](C(=O)O)CCCC[C@H](N1CCC(c3cc(Cl)ccc3OC(F)F)OC1=O)c1nc(C#N)c-2[nH]1. The van der Waals surface area contributed by atoms with Gasteiger partial charge in [-0.3, -0.25) is 10.2 Å². The maximum atomic E-state index is 13.5. The Morgan fingerprint density at radius 1 is 1.22 bits per heavy atom. The van der Waals surface area contributed by atoms with Crippen molar-refractivity contribution in [1.82, 2.24) is 14.9 Å². The van der Waals surface area contributed by atoms with Gasteiger partial charge in [-0.1, -0.05) is 24.4 Å². The first-order valence-corrected chi connectivity index (χ1v) is 14.7. The first-order chi connectivity index (χ1) is 22.1. The number of anilines is 2. The number of rotatable bonds is 6. The predicted molar refractivity (Wildman–Crippen MR) is 160 cm³/mol. The van der Waals surface area contributed by atoms with Crippen LogP contribution >= 0.6 is 11.6 Å². The van der Waals surface area contributed by atoms with Gasteiger partial charge < -0.3 is 29.6 Å². The molecule has 1 saturated heterocycles. The number of hydrogen-bond donors (Lipinski definition) is 4. The molecule has 46 heavy (non-hydrogen) atoms. The Balaban J connectivity index is 1.49. The van der Waals surface area contributed by atoms with Crippen LogP contribution in [0.25, 0.3) is 11.3 Å². The normalized spacial score (nSPS) is 19.8. The Labute approximate surface area is 266 Å². The molecule has 2 aliphatic heterocycles. The van der Waals surface area contributed by atoms with Crippen molar-refractivity contribution < 1.29 is 42.5 Å². The lowest BCUT2D eigenvalue weighted by atomic mass is 10.00. The molecule has 0 saturated carbocycles. The van der Waals surface area contributed by atoms with Gasteiger partial charge in [0.15, 0.2) is 5.69 Å². The number of ether oxygens (including phenoxy) is 3. The molecular weight excluding hydrogens is 630 g/mol. The van der Waals surface area contributed by atoms with Gasteiger partial charge in [-0.05, 0) is 49.2 Å². The Morgan fingerprint density at radius 2 is 2.00 bits per heavy atom. The summed E-state index contributed by atoms with van der Waals surface area (Å²) in [5.41, 5.74) is 1.52. The third-order valence-corrected chi connectivity index (χ3v) is 7.97. The lowest BCUT2D eigenvalue weighted by Gasteiger charge is -2.37. The van der Waals surface area contributed by atoms with E-state index < -0.39 is 43.0 Å². The minimum atomic E-state index is -3.09. The standard InChI is InChI=1S/C30H29ClF2N6O7/c1-44-29(42)35-16-7-8-17-20(13-16)36-19(27(40)41)4-2-3-5-22(26-37-21(14-34)25(17)38-26)39-11-10-24(46-30(39)43)18-12-15(31)6-9-23(18)45-28(32)33/h6-9,12-13,19,22,24,28,36H,2-5,10-11H2,1H3,(H,35,42)(H,37,38)(H,40,41)/t19-,22+,24?/m1/s1. The second kappa shape index (κ2) is 13.9. The van der Waals surface area contributed by atoms with Crippen LogP contribution in [0.2, 0.25) is 5.02 Å². The van der Waals surface area contributed by atoms with Crippen LogP contribution in [-0.4, -0.2) is 64.4 Å². The summed E-state index contributed by atoms with van der Waals surface area (Å²) in [6.07, 6.45) is -0.635. The van der Waals surface area contributed by atoms with Crippen LogP contribution in [0.5, 0.6) is 5.75 Å². The number of carbonyl (C=O) groups excluding carboxylic acids is 2. The highest BCUT2D eigenvalue weighted by molar-refractivity contribution is 6.30. The van der Waals surface area contributed by atoms with E-state index in [1.165, 1.54) is 36.3 Å². The number of halogens is 3. The van der Waals surface area contributed by atoms with Gasteiger partial charge in [-0.2, -0.15) is 14.0 Å². The predicted octanol–water partition coefficient (Wildman–Crippen LogP) is 6.45. The molecule has 0 aliphatic carbocycles. The highest BCUT2D eigenvalue weighted by Gasteiger charge is 2.37. The third-order valence-electron chi connectivity index (χ3n) is 7.73. The second-order valence-corrected chi connectivity index (χ2v) is 11.0. The number of benzene rings is 2. The zero-order valence-corrected chi connectivity index (χ0v) is 25.1. The Hall–Kier alpha value is -5.10. The molecule has 2 aromatic carbocycles. The van der Waals surface area contributed by atoms with Crippen molar-refractivity contribution in [1.29, 1.82) is 5.26 Å². The van der Waals surface area contributed by atoms with Crippen molar-refractivity contribution in [3.05, 3.63) is 58.5 Å². The molecule has 3 heterocycles. The van der Waals surface area contributed by atoms with E-state index in [-0.39, 0.29) is 47.1 Å².